The van der Waals surface area contributed by atoms with E-state index in [0.29, 0.717) is 31.0 Å². The lowest BCUT2D eigenvalue weighted by Gasteiger charge is -2.24. The van der Waals surface area contributed by atoms with Gasteiger partial charge in [0.05, 0.1) is 24.8 Å². The van der Waals surface area contributed by atoms with Crippen LogP contribution in [0.4, 0.5) is 0 Å². The van der Waals surface area contributed by atoms with Gasteiger partial charge >= 0.3 is 0 Å². The van der Waals surface area contributed by atoms with Crippen molar-refractivity contribution >= 4 is 11.8 Å². The minimum absolute atomic E-state index is 0.0159. The Morgan fingerprint density at radius 2 is 1.79 bits per heavy atom. The van der Waals surface area contributed by atoms with Crippen LogP contribution in [0.15, 0.2) is 36.7 Å². The molecule has 8 heteroatoms. The molecule has 2 aromatic rings. The van der Waals surface area contributed by atoms with Gasteiger partial charge in [0.2, 0.25) is 5.91 Å². The van der Waals surface area contributed by atoms with Gasteiger partial charge in [-0.05, 0) is 37.5 Å². The maximum Gasteiger partial charge on any atom is 0.257 e. The summed E-state index contributed by atoms with van der Waals surface area (Å²) in [6.45, 7) is 4.41. The van der Waals surface area contributed by atoms with Crippen molar-refractivity contribution in [3.63, 3.8) is 0 Å². The molecule has 0 unspecified atom stereocenters. The summed E-state index contributed by atoms with van der Waals surface area (Å²) in [6.07, 6.45) is 9.61. The Hall–Kier alpha value is -2.87. The van der Waals surface area contributed by atoms with Gasteiger partial charge in [0.1, 0.15) is 24.5 Å². The third-order valence-electron chi connectivity index (χ3n) is 6.59. The lowest BCUT2D eigenvalue weighted by atomic mass is 10.1. The molecule has 3 heterocycles. The minimum atomic E-state index is -0.338. The Morgan fingerprint density at radius 1 is 1.06 bits per heavy atom. The maximum atomic E-state index is 13.1. The Balaban J connectivity index is 1.51. The summed E-state index contributed by atoms with van der Waals surface area (Å²) >= 11 is 0. The molecule has 1 saturated heterocycles. The lowest BCUT2D eigenvalue weighted by molar-refractivity contribution is -0.131. The van der Waals surface area contributed by atoms with Crippen molar-refractivity contribution in [1.29, 1.82) is 0 Å². The summed E-state index contributed by atoms with van der Waals surface area (Å²) in [5.74, 6) is 0.486. The van der Waals surface area contributed by atoms with Gasteiger partial charge in [0.25, 0.3) is 5.91 Å². The van der Waals surface area contributed by atoms with Gasteiger partial charge in [-0.3, -0.25) is 14.3 Å². The van der Waals surface area contributed by atoms with Crippen LogP contribution in [0.3, 0.4) is 0 Å². The number of aryl methyl sites for hydroxylation is 1. The number of likely N-dealkylation sites (tertiary alicyclic amines) is 1. The highest BCUT2D eigenvalue weighted by molar-refractivity contribution is 5.96. The summed E-state index contributed by atoms with van der Waals surface area (Å²) in [4.78, 5) is 29.7. The van der Waals surface area contributed by atoms with E-state index < -0.39 is 0 Å². The standard InChI is InChI=1S/C26H36N4O4/c1-20-15-27-30(16-20)19-25(31)29-17-23-24(18-29)34-22-12-8-7-11-21(22)26(32)28(2)13-9-5-3-4-6-10-14-33-23/h7-8,11-12,15-16,23-24H,3-6,9-10,13-14,17-19H2,1-2H3/t23-,24-/m1/s1. The first-order valence-corrected chi connectivity index (χ1v) is 12.4. The molecule has 0 radical (unpaired) electrons. The number of nitrogens with zero attached hydrogens (tertiary/aromatic N) is 4. The van der Waals surface area contributed by atoms with E-state index >= 15 is 0 Å². The van der Waals surface area contributed by atoms with Crippen molar-refractivity contribution in [3.8, 4) is 5.75 Å². The molecule has 0 aliphatic carbocycles. The van der Waals surface area contributed by atoms with Crippen LogP contribution in [0.2, 0.25) is 0 Å². The third-order valence-corrected chi connectivity index (χ3v) is 6.59. The lowest BCUT2D eigenvalue weighted by Crippen LogP contribution is -2.34. The van der Waals surface area contributed by atoms with Crippen molar-refractivity contribution in [2.45, 2.75) is 64.2 Å². The van der Waals surface area contributed by atoms with Crippen LogP contribution >= 0.6 is 0 Å². The number of carbonyl (C=O) groups excluding carboxylic acids is 2. The molecule has 2 aliphatic heterocycles. The van der Waals surface area contributed by atoms with Crippen molar-refractivity contribution < 1.29 is 19.1 Å². The molecule has 34 heavy (non-hydrogen) atoms. The predicted octanol–water partition coefficient (Wildman–Crippen LogP) is 3.29. The van der Waals surface area contributed by atoms with Gasteiger partial charge in [0.15, 0.2) is 0 Å². The van der Waals surface area contributed by atoms with Crippen molar-refractivity contribution in [1.82, 2.24) is 19.6 Å². The third kappa shape index (κ3) is 6.17. The van der Waals surface area contributed by atoms with Crippen LogP contribution in [0.1, 0.15) is 54.4 Å². The van der Waals surface area contributed by atoms with E-state index in [4.69, 9.17) is 9.47 Å². The number of hydrogen-bond acceptors (Lipinski definition) is 5. The van der Waals surface area contributed by atoms with Crippen molar-refractivity contribution in [2.24, 2.45) is 0 Å². The van der Waals surface area contributed by atoms with E-state index in [-0.39, 0.29) is 30.6 Å². The average Bonchev–Trinajstić information content (AvgIpc) is 3.42. The molecule has 2 atom stereocenters. The number of carbonyl (C=O) groups is 2. The van der Waals surface area contributed by atoms with Crippen LogP contribution in [0, 0.1) is 6.92 Å². The largest absolute Gasteiger partial charge is 0.485 e. The fourth-order valence-electron chi connectivity index (χ4n) is 4.62. The molecule has 0 bridgehead atoms. The van der Waals surface area contributed by atoms with E-state index in [1.807, 2.05) is 44.4 Å². The second kappa shape index (κ2) is 11.5. The molecule has 8 nitrogen and oxygen atoms in total. The van der Waals surface area contributed by atoms with E-state index in [1.54, 1.807) is 20.7 Å². The van der Waals surface area contributed by atoms with E-state index in [9.17, 15) is 9.59 Å². The van der Waals surface area contributed by atoms with Crippen LogP contribution < -0.4 is 4.74 Å². The Kier molecular flexibility index (Phi) is 8.21. The smallest absolute Gasteiger partial charge is 0.257 e. The SMILES string of the molecule is Cc1cnn(CC(=O)N2C[C@H]3OCCCCCCCCN(C)C(=O)c4ccccc4O[C@@H]3C2)c1. The van der Waals surface area contributed by atoms with Gasteiger partial charge in [-0.2, -0.15) is 5.10 Å². The quantitative estimate of drug-likeness (QED) is 0.676. The van der Waals surface area contributed by atoms with Crippen molar-refractivity contribution in [2.75, 3.05) is 33.3 Å². The molecule has 1 aromatic carbocycles. The van der Waals surface area contributed by atoms with Crippen molar-refractivity contribution in [3.05, 3.63) is 47.8 Å². The van der Waals surface area contributed by atoms with E-state index in [0.717, 1.165) is 37.8 Å². The average molecular weight is 469 g/mol. The zero-order chi connectivity index (χ0) is 23.9. The second-order valence-corrected chi connectivity index (χ2v) is 9.42. The summed E-state index contributed by atoms with van der Waals surface area (Å²) < 4.78 is 14.3. The van der Waals surface area contributed by atoms with Gasteiger partial charge in [-0.25, -0.2) is 0 Å². The molecule has 1 fully saturated rings. The maximum absolute atomic E-state index is 13.1. The predicted molar refractivity (Wildman–Crippen MR) is 129 cm³/mol. The molecule has 0 saturated carbocycles. The Morgan fingerprint density at radius 3 is 2.59 bits per heavy atom. The molecule has 4 rings (SSSR count). The topological polar surface area (TPSA) is 76.9 Å². The number of fused-ring (bicyclic) bond motifs is 2. The zero-order valence-electron chi connectivity index (χ0n) is 20.3. The first-order chi connectivity index (χ1) is 16.5. The number of ether oxygens (including phenoxy) is 2. The number of rotatable bonds is 2. The first-order valence-electron chi connectivity index (χ1n) is 12.4. The highest BCUT2D eigenvalue weighted by Gasteiger charge is 2.38. The fourth-order valence-corrected chi connectivity index (χ4v) is 4.62. The van der Waals surface area contributed by atoms with Crippen LogP contribution in [0.5, 0.6) is 5.75 Å². The number of para-hydroxylation sites is 1. The van der Waals surface area contributed by atoms with Crippen LogP contribution in [0.25, 0.3) is 0 Å². The van der Waals surface area contributed by atoms with Crippen LogP contribution in [-0.4, -0.2) is 76.9 Å². The monoisotopic (exact) mass is 468 g/mol. The summed E-state index contributed by atoms with van der Waals surface area (Å²) in [6, 6.07) is 7.37. The first kappa shape index (κ1) is 24.3. The number of aromatic nitrogens is 2. The van der Waals surface area contributed by atoms with Gasteiger partial charge in [-0.15, -0.1) is 0 Å². The molecule has 184 valence electrons. The Labute approximate surface area is 201 Å². The summed E-state index contributed by atoms with van der Waals surface area (Å²) in [5, 5.41) is 4.24. The van der Waals surface area contributed by atoms with Crippen LogP contribution in [-0.2, 0) is 16.1 Å². The van der Waals surface area contributed by atoms with Gasteiger partial charge in [0, 0.05) is 26.4 Å². The van der Waals surface area contributed by atoms with Gasteiger partial charge in [-0.1, -0.05) is 37.8 Å². The molecule has 2 aliphatic rings. The minimum Gasteiger partial charge on any atom is -0.485 e. The summed E-state index contributed by atoms with van der Waals surface area (Å²) in [5.41, 5.74) is 1.57. The zero-order valence-corrected chi connectivity index (χ0v) is 20.3. The fraction of sp³-hybridized carbons (Fsp3) is 0.577. The highest BCUT2D eigenvalue weighted by atomic mass is 16.5. The Bertz CT molecular complexity index is 975. The molecule has 0 spiro atoms. The number of amides is 2. The normalized spacial score (nSPS) is 22.7. The van der Waals surface area contributed by atoms with E-state index in [1.165, 1.54) is 12.8 Å². The highest BCUT2D eigenvalue weighted by Crippen LogP contribution is 2.26. The van der Waals surface area contributed by atoms with E-state index in [2.05, 4.69) is 5.10 Å². The molecular weight excluding hydrogens is 432 g/mol. The molecular formula is C26H36N4O4. The number of hydrogen-bond donors (Lipinski definition) is 0. The molecule has 1 aromatic heterocycles. The molecule has 2 amide bonds. The second-order valence-electron chi connectivity index (χ2n) is 9.42. The van der Waals surface area contributed by atoms with Gasteiger partial charge < -0.3 is 19.3 Å². The summed E-state index contributed by atoms with van der Waals surface area (Å²) in [7, 11) is 1.85. The number of benzene rings is 1. The molecule has 0 N–H and O–H groups in total.